The van der Waals surface area contributed by atoms with Gasteiger partial charge in [0.05, 0.1) is 12.2 Å². The molecule has 2 aliphatic rings. The highest BCUT2D eigenvalue weighted by Crippen LogP contribution is 2.45. The van der Waals surface area contributed by atoms with Gasteiger partial charge < -0.3 is 4.90 Å². The van der Waals surface area contributed by atoms with E-state index in [1.807, 2.05) is 23.1 Å². The predicted molar refractivity (Wildman–Crippen MR) is 90.4 cm³/mol. The van der Waals surface area contributed by atoms with E-state index in [4.69, 9.17) is 0 Å². The summed E-state index contributed by atoms with van der Waals surface area (Å²) in [6.45, 7) is 6.40. The highest BCUT2D eigenvalue weighted by molar-refractivity contribution is 8.17. The number of allylic oxidation sites excluding steroid dienone is 1. The van der Waals surface area contributed by atoms with Crippen molar-refractivity contribution in [3.63, 3.8) is 0 Å². The smallest absolute Gasteiger partial charge is 0.168 e. The van der Waals surface area contributed by atoms with Crippen molar-refractivity contribution in [1.82, 2.24) is 4.90 Å². The van der Waals surface area contributed by atoms with Crippen LogP contribution in [0.3, 0.4) is 0 Å². The van der Waals surface area contributed by atoms with Gasteiger partial charge in [-0.25, -0.2) is 0 Å². The highest BCUT2D eigenvalue weighted by Gasteiger charge is 2.32. The van der Waals surface area contributed by atoms with Crippen LogP contribution in [0.2, 0.25) is 0 Å². The number of amidine groups is 1. The van der Waals surface area contributed by atoms with Gasteiger partial charge in [-0.05, 0) is 35.7 Å². The molecule has 0 saturated heterocycles. The lowest BCUT2D eigenvalue weighted by molar-refractivity contribution is 0.647. The van der Waals surface area contributed by atoms with Crippen LogP contribution in [-0.2, 0) is 0 Å². The van der Waals surface area contributed by atoms with Crippen molar-refractivity contribution in [2.75, 3.05) is 13.1 Å². The molecule has 4 heteroatoms. The molecule has 2 aliphatic heterocycles. The summed E-state index contributed by atoms with van der Waals surface area (Å²) in [6.07, 6.45) is 1.08. The van der Waals surface area contributed by atoms with E-state index in [0.717, 1.165) is 19.5 Å². The average Bonchev–Trinajstić information content (AvgIpc) is 3.14. The fourth-order valence-corrected chi connectivity index (χ4v) is 5.07. The fourth-order valence-electron chi connectivity index (χ4n) is 2.95. The lowest BCUT2D eigenvalue weighted by atomic mass is 10.0. The Bertz CT molecular complexity index is 755. The van der Waals surface area contributed by atoms with Crippen LogP contribution in [0.15, 0.2) is 33.5 Å². The first kappa shape index (κ1) is 12.5. The summed E-state index contributed by atoms with van der Waals surface area (Å²) in [5, 5.41) is 4.79. The van der Waals surface area contributed by atoms with Crippen molar-refractivity contribution < 1.29 is 0 Å². The van der Waals surface area contributed by atoms with Crippen LogP contribution in [0, 0.1) is 6.92 Å². The normalized spacial score (nSPS) is 18.1. The Hall–Kier alpha value is -1.26. The van der Waals surface area contributed by atoms with Crippen LogP contribution >= 0.6 is 23.1 Å². The Labute approximate surface area is 127 Å². The van der Waals surface area contributed by atoms with Gasteiger partial charge >= 0.3 is 0 Å². The van der Waals surface area contributed by atoms with Crippen LogP contribution in [-0.4, -0.2) is 23.2 Å². The first-order valence-corrected chi connectivity index (χ1v) is 8.69. The molecule has 1 aromatic heterocycles. The van der Waals surface area contributed by atoms with Gasteiger partial charge in [0.2, 0.25) is 0 Å². The van der Waals surface area contributed by atoms with E-state index in [1.54, 1.807) is 0 Å². The molecule has 1 aromatic carbocycles. The zero-order chi connectivity index (χ0) is 13.7. The van der Waals surface area contributed by atoms with Gasteiger partial charge in [-0.15, -0.1) is 11.3 Å². The number of benzene rings is 1. The minimum Gasteiger partial charge on any atom is -0.318 e. The number of hydrogen-bond acceptors (Lipinski definition) is 4. The molecule has 20 heavy (non-hydrogen) atoms. The summed E-state index contributed by atoms with van der Waals surface area (Å²) in [4.78, 5) is 8.49. The monoisotopic (exact) mass is 300 g/mol. The fraction of sp³-hybridized carbons (Fsp3) is 0.312. The number of thiophene rings is 1. The van der Waals surface area contributed by atoms with Crippen LogP contribution in [0.1, 0.15) is 24.5 Å². The molecule has 0 atom stereocenters. The number of hydrogen-bond donors (Lipinski definition) is 0. The summed E-state index contributed by atoms with van der Waals surface area (Å²) in [5.74, 6) is 0. The second-order valence-corrected chi connectivity index (χ2v) is 7.11. The second-order valence-electron chi connectivity index (χ2n) is 5.14. The van der Waals surface area contributed by atoms with Crippen molar-refractivity contribution in [2.45, 2.75) is 20.3 Å². The molecule has 3 heterocycles. The lowest BCUT2D eigenvalue weighted by Crippen LogP contribution is -2.20. The van der Waals surface area contributed by atoms with Gasteiger partial charge in [-0.1, -0.05) is 30.8 Å². The van der Waals surface area contributed by atoms with Crippen LogP contribution in [0.25, 0.3) is 15.8 Å². The van der Waals surface area contributed by atoms with Crippen LogP contribution in [0.5, 0.6) is 0 Å². The highest BCUT2D eigenvalue weighted by atomic mass is 32.2. The first-order valence-electron chi connectivity index (χ1n) is 6.99. The van der Waals surface area contributed by atoms with Crippen LogP contribution < -0.4 is 0 Å². The molecule has 0 unspecified atom stereocenters. The van der Waals surface area contributed by atoms with Gasteiger partial charge in [0.25, 0.3) is 0 Å². The zero-order valence-corrected chi connectivity index (χ0v) is 13.3. The quantitative estimate of drug-likeness (QED) is 0.798. The maximum absolute atomic E-state index is 4.62. The summed E-state index contributed by atoms with van der Waals surface area (Å²) < 4.78 is 1.42. The van der Waals surface area contributed by atoms with Crippen molar-refractivity contribution in [3.05, 3.63) is 39.6 Å². The largest absolute Gasteiger partial charge is 0.318 e. The van der Waals surface area contributed by atoms with Gasteiger partial charge in [0.1, 0.15) is 0 Å². The molecule has 0 saturated carbocycles. The zero-order valence-electron chi connectivity index (χ0n) is 11.6. The van der Waals surface area contributed by atoms with E-state index in [1.165, 1.54) is 37.0 Å². The molecule has 0 radical (unpaired) electrons. The van der Waals surface area contributed by atoms with Gasteiger partial charge in [-0.3, -0.25) is 4.99 Å². The molecule has 0 spiro atoms. The molecule has 4 rings (SSSR count). The van der Waals surface area contributed by atoms with Crippen molar-refractivity contribution in [1.29, 1.82) is 0 Å². The third-order valence-electron chi connectivity index (χ3n) is 3.96. The summed E-state index contributed by atoms with van der Waals surface area (Å²) in [7, 11) is 0. The molecule has 0 amide bonds. The standard InChI is InChI=1S/C16H16N2S2/c1-3-13-14(18-8-7-17-16(18)20-13)12-5-4-10(2)11-6-9-19-15(11)12/h4-6,9H,3,7-8H2,1-2H3. The third kappa shape index (κ3) is 1.68. The van der Waals surface area contributed by atoms with E-state index in [9.17, 15) is 0 Å². The van der Waals surface area contributed by atoms with Gasteiger partial charge in [-0.2, -0.15) is 0 Å². The number of nitrogens with zero attached hydrogens (tertiary/aromatic N) is 2. The average molecular weight is 300 g/mol. The van der Waals surface area contributed by atoms with Crippen molar-refractivity contribution >= 4 is 44.0 Å². The minimum atomic E-state index is 0.933. The number of thioether (sulfide) groups is 1. The maximum Gasteiger partial charge on any atom is 0.168 e. The van der Waals surface area contributed by atoms with Crippen molar-refractivity contribution in [3.8, 4) is 0 Å². The molecule has 0 fully saturated rings. The number of aryl methyl sites for hydroxylation is 1. The van der Waals surface area contributed by atoms with Gasteiger partial charge in [0.15, 0.2) is 5.17 Å². The predicted octanol–water partition coefficient (Wildman–Crippen LogP) is 4.71. The summed E-state index contributed by atoms with van der Waals surface area (Å²) in [6, 6.07) is 6.79. The van der Waals surface area contributed by atoms with Gasteiger partial charge in [0, 0.05) is 21.7 Å². The molecule has 0 N–H and O–H groups in total. The van der Waals surface area contributed by atoms with E-state index in [0.29, 0.717) is 0 Å². The number of aliphatic imine (C=N–C) groups is 1. The Morgan fingerprint density at radius 2 is 2.20 bits per heavy atom. The molecule has 0 bridgehead atoms. The summed E-state index contributed by atoms with van der Waals surface area (Å²) in [5.41, 5.74) is 4.16. The Morgan fingerprint density at radius 3 is 3.05 bits per heavy atom. The molecule has 102 valence electrons. The molecular weight excluding hydrogens is 284 g/mol. The van der Waals surface area contributed by atoms with E-state index in [2.05, 4.69) is 47.3 Å². The number of rotatable bonds is 2. The molecule has 0 aliphatic carbocycles. The topological polar surface area (TPSA) is 15.6 Å². The SMILES string of the molecule is CCC1=C(c2ccc(C)c3ccsc23)N2CCN=C2S1. The second kappa shape index (κ2) is 4.64. The lowest BCUT2D eigenvalue weighted by Gasteiger charge is -2.18. The first-order chi connectivity index (χ1) is 9.79. The van der Waals surface area contributed by atoms with E-state index < -0.39 is 0 Å². The molecule has 2 nitrogen and oxygen atoms in total. The molecule has 2 aromatic rings. The number of fused-ring (bicyclic) bond motifs is 2. The maximum atomic E-state index is 4.62. The third-order valence-corrected chi connectivity index (χ3v) is 6.17. The Kier molecular flexibility index (Phi) is 2.89. The van der Waals surface area contributed by atoms with Crippen molar-refractivity contribution in [2.24, 2.45) is 4.99 Å². The summed E-state index contributed by atoms with van der Waals surface area (Å²) >= 11 is 3.71. The van der Waals surface area contributed by atoms with E-state index >= 15 is 0 Å². The Balaban J connectivity index is 1.96. The van der Waals surface area contributed by atoms with Crippen LogP contribution in [0.4, 0.5) is 0 Å². The molecular formula is C16H16N2S2. The van der Waals surface area contributed by atoms with E-state index in [-0.39, 0.29) is 0 Å². The Morgan fingerprint density at radius 1 is 1.30 bits per heavy atom. The minimum absolute atomic E-state index is 0.933.